The van der Waals surface area contributed by atoms with Gasteiger partial charge in [0, 0.05) is 5.54 Å². The first-order valence-electron chi connectivity index (χ1n) is 8.08. The van der Waals surface area contributed by atoms with E-state index in [1.54, 1.807) is 12.1 Å². The predicted octanol–water partition coefficient (Wildman–Crippen LogP) is 3.05. The molecule has 1 aromatic carbocycles. The number of aryl methyl sites for hydroxylation is 1. The van der Waals surface area contributed by atoms with Gasteiger partial charge in [-0.3, -0.25) is 0 Å². The molecular weight excluding hydrogens is 310 g/mol. The summed E-state index contributed by atoms with van der Waals surface area (Å²) in [6.07, 6.45) is 1.63. The number of rotatable bonds is 5. The molecule has 1 aliphatic rings. The smallest absolute Gasteiger partial charge is 0.180 e. The van der Waals surface area contributed by atoms with E-state index < -0.39 is 9.84 Å². The average molecular weight is 340 g/mol. The van der Waals surface area contributed by atoms with Crippen LogP contribution in [0.4, 0.5) is 0 Å². The standard InChI is InChI=1S/C18H29NO3S/c1-14-7-9-16(10-8-14)23(20,21)13-18(19(5)6)11-15(12-18)22-17(2,3)4/h7-10,15H,11-13H2,1-6H3. The normalized spacial score (nSPS) is 25.4. The summed E-state index contributed by atoms with van der Waals surface area (Å²) in [5.74, 6) is 0.139. The highest BCUT2D eigenvalue weighted by Crippen LogP contribution is 2.42. The zero-order valence-electron chi connectivity index (χ0n) is 15.1. The molecule has 2 rings (SSSR count). The SMILES string of the molecule is Cc1ccc(S(=O)(=O)CC2(N(C)C)CC(OC(C)(C)C)C2)cc1. The van der Waals surface area contributed by atoms with Crippen molar-refractivity contribution < 1.29 is 13.2 Å². The fraction of sp³-hybridized carbons (Fsp3) is 0.667. The first kappa shape index (κ1) is 18.4. The van der Waals surface area contributed by atoms with Crippen molar-refractivity contribution in [2.45, 2.75) is 62.7 Å². The van der Waals surface area contributed by atoms with Gasteiger partial charge < -0.3 is 9.64 Å². The first-order chi connectivity index (χ1) is 10.4. The average Bonchev–Trinajstić information content (AvgIpc) is 2.34. The highest BCUT2D eigenvalue weighted by Gasteiger charge is 2.50. The molecule has 5 heteroatoms. The van der Waals surface area contributed by atoms with Crippen LogP contribution in [0.5, 0.6) is 0 Å². The molecule has 130 valence electrons. The molecule has 23 heavy (non-hydrogen) atoms. The van der Waals surface area contributed by atoms with Crippen LogP contribution in [0.15, 0.2) is 29.2 Å². The van der Waals surface area contributed by atoms with Gasteiger partial charge in [0.2, 0.25) is 0 Å². The van der Waals surface area contributed by atoms with E-state index in [-0.39, 0.29) is 23.0 Å². The van der Waals surface area contributed by atoms with Crippen LogP contribution in [0.25, 0.3) is 0 Å². The quantitative estimate of drug-likeness (QED) is 0.827. The lowest BCUT2D eigenvalue weighted by atomic mass is 9.74. The van der Waals surface area contributed by atoms with E-state index in [0.717, 1.165) is 18.4 Å². The van der Waals surface area contributed by atoms with Gasteiger partial charge in [0.1, 0.15) is 0 Å². The maximum absolute atomic E-state index is 12.8. The minimum absolute atomic E-state index is 0.130. The number of benzene rings is 1. The van der Waals surface area contributed by atoms with E-state index in [0.29, 0.717) is 4.90 Å². The predicted molar refractivity (Wildman–Crippen MR) is 93.5 cm³/mol. The lowest BCUT2D eigenvalue weighted by molar-refractivity contribution is -0.141. The van der Waals surface area contributed by atoms with Gasteiger partial charge in [-0.2, -0.15) is 0 Å². The Morgan fingerprint density at radius 3 is 2.13 bits per heavy atom. The summed E-state index contributed by atoms with van der Waals surface area (Å²) in [6, 6.07) is 7.11. The number of hydrogen-bond donors (Lipinski definition) is 0. The summed E-state index contributed by atoms with van der Waals surface area (Å²) < 4.78 is 31.6. The van der Waals surface area contributed by atoms with Gasteiger partial charge in [0.25, 0.3) is 0 Å². The van der Waals surface area contributed by atoms with Crippen LogP contribution >= 0.6 is 0 Å². The third kappa shape index (κ3) is 4.34. The minimum atomic E-state index is -3.30. The Bertz CT molecular complexity index is 636. The van der Waals surface area contributed by atoms with Crippen LogP contribution in [0.2, 0.25) is 0 Å². The van der Waals surface area contributed by atoms with Crippen LogP contribution in [0, 0.1) is 6.92 Å². The molecule has 0 heterocycles. The van der Waals surface area contributed by atoms with Gasteiger partial charge in [-0.1, -0.05) is 17.7 Å². The molecule has 0 saturated heterocycles. The van der Waals surface area contributed by atoms with Crippen LogP contribution in [-0.4, -0.2) is 50.4 Å². The van der Waals surface area contributed by atoms with Gasteiger partial charge in [0.05, 0.1) is 22.4 Å². The van der Waals surface area contributed by atoms with Crippen LogP contribution in [0.1, 0.15) is 39.2 Å². The number of hydrogen-bond acceptors (Lipinski definition) is 4. The van der Waals surface area contributed by atoms with E-state index >= 15 is 0 Å². The Hall–Kier alpha value is -0.910. The lowest BCUT2D eigenvalue weighted by Gasteiger charge is -2.52. The Balaban J connectivity index is 2.14. The lowest BCUT2D eigenvalue weighted by Crippen LogP contribution is -2.62. The van der Waals surface area contributed by atoms with Crippen LogP contribution in [-0.2, 0) is 14.6 Å². The van der Waals surface area contributed by atoms with Crippen molar-refractivity contribution in [1.29, 1.82) is 0 Å². The number of sulfone groups is 1. The molecule has 1 fully saturated rings. The second-order valence-corrected chi connectivity index (χ2v) is 9.94. The Morgan fingerprint density at radius 2 is 1.70 bits per heavy atom. The van der Waals surface area contributed by atoms with Gasteiger partial charge in [-0.05, 0) is 66.8 Å². The monoisotopic (exact) mass is 339 g/mol. The Kier molecular flexibility index (Phi) is 4.96. The highest BCUT2D eigenvalue weighted by molar-refractivity contribution is 7.91. The van der Waals surface area contributed by atoms with Crippen molar-refractivity contribution >= 4 is 9.84 Å². The molecule has 0 aromatic heterocycles. The number of ether oxygens (including phenoxy) is 1. The Labute approximate surface area is 140 Å². The molecular formula is C18H29NO3S. The van der Waals surface area contributed by atoms with Crippen LogP contribution < -0.4 is 0 Å². The molecule has 1 aromatic rings. The molecule has 1 aliphatic carbocycles. The van der Waals surface area contributed by atoms with E-state index in [9.17, 15) is 8.42 Å². The van der Waals surface area contributed by atoms with Gasteiger partial charge in [-0.15, -0.1) is 0 Å². The topological polar surface area (TPSA) is 46.6 Å². The second-order valence-electron chi connectivity index (χ2n) is 7.95. The highest BCUT2D eigenvalue weighted by atomic mass is 32.2. The largest absolute Gasteiger partial charge is 0.372 e. The summed E-state index contributed by atoms with van der Waals surface area (Å²) in [4.78, 5) is 2.45. The molecule has 0 amide bonds. The van der Waals surface area contributed by atoms with Crippen molar-refractivity contribution in [3.8, 4) is 0 Å². The maximum atomic E-state index is 12.8. The molecule has 0 N–H and O–H groups in total. The van der Waals surface area contributed by atoms with E-state index in [1.807, 2.05) is 58.8 Å². The Morgan fingerprint density at radius 1 is 1.17 bits per heavy atom. The fourth-order valence-electron chi connectivity index (χ4n) is 3.17. The molecule has 0 atom stereocenters. The maximum Gasteiger partial charge on any atom is 0.180 e. The molecule has 0 unspecified atom stereocenters. The van der Waals surface area contributed by atoms with E-state index in [4.69, 9.17) is 4.74 Å². The first-order valence-corrected chi connectivity index (χ1v) is 9.73. The third-order valence-electron chi connectivity index (χ3n) is 4.52. The van der Waals surface area contributed by atoms with Crippen LogP contribution in [0.3, 0.4) is 0 Å². The third-order valence-corrected chi connectivity index (χ3v) is 6.43. The molecule has 4 nitrogen and oxygen atoms in total. The minimum Gasteiger partial charge on any atom is -0.372 e. The van der Waals surface area contributed by atoms with Crippen molar-refractivity contribution in [2.75, 3.05) is 19.8 Å². The van der Waals surface area contributed by atoms with Gasteiger partial charge >= 0.3 is 0 Å². The van der Waals surface area contributed by atoms with Gasteiger partial charge in [-0.25, -0.2) is 8.42 Å². The summed E-state index contributed by atoms with van der Waals surface area (Å²) in [6.45, 7) is 8.06. The fourth-order valence-corrected chi connectivity index (χ4v) is 5.08. The molecule has 0 bridgehead atoms. The van der Waals surface area contributed by atoms with E-state index in [1.165, 1.54) is 0 Å². The summed E-state index contributed by atoms with van der Waals surface area (Å²) >= 11 is 0. The second kappa shape index (κ2) is 6.19. The van der Waals surface area contributed by atoms with Crippen molar-refractivity contribution in [2.24, 2.45) is 0 Å². The van der Waals surface area contributed by atoms with E-state index in [2.05, 4.69) is 0 Å². The van der Waals surface area contributed by atoms with Crippen molar-refractivity contribution in [1.82, 2.24) is 4.90 Å². The molecule has 0 aliphatic heterocycles. The summed E-state index contributed by atoms with van der Waals surface area (Å²) in [7, 11) is 0.608. The zero-order chi connectivity index (χ0) is 17.5. The zero-order valence-corrected chi connectivity index (χ0v) is 15.9. The molecule has 0 spiro atoms. The number of nitrogens with zero attached hydrogens (tertiary/aromatic N) is 1. The summed E-state index contributed by atoms with van der Waals surface area (Å²) in [5, 5.41) is 0. The van der Waals surface area contributed by atoms with Crippen molar-refractivity contribution in [3.63, 3.8) is 0 Å². The van der Waals surface area contributed by atoms with Crippen molar-refractivity contribution in [3.05, 3.63) is 29.8 Å². The summed E-state index contributed by atoms with van der Waals surface area (Å²) in [5.41, 5.74) is 0.534. The molecule has 0 radical (unpaired) electrons. The molecule has 1 saturated carbocycles. The van der Waals surface area contributed by atoms with Gasteiger partial charge in [0.15, 0.2) is 9.84 Å².